The van der Waals surface area contributed by atoms with Crippen LogP contribution in [-0.4, -0.2) is 28.8 Å². The van der Waals surface area contributed by atoms with E-state index >= 15 is 0 Å². The van der Waals surface area contributed by atoms with Crippen molar-refractivity contribution in [3.8, 4) is 0 Å². The number of alkyl halides is 3. The summed E-state index contributed by atoms with van der Waals surface area (Å²) in [5, 5.41) is 12.5. The molecule has 2 unspecified atom stereocenters. The lowest BCUT2D eigenvalue weighted by atomic mass is 9.66. The average Bonchev–Trinajstić information content (AvgIpc) is 2.85. The predicted molar refractivity (Wildman–Crippen MR) is 95.7 cm³/mol. The standard InChI is InChI=1S/C19H21ClF3NO4/c1-15(2)16(3)7-8-18(15,28-14(16)26)13(25)24-12-6-5-10(20)9-11(12)17(4,27)19(21,22)23/h5-6,9,27H,7-8H2,1-4H3,(H,24,25)/t16?,17-,18?/m0/s1. The lowest BCUT2D eigenvalue weighted by molar-refractivity contribution is -0.258. The fourth-order valence-electron chi connectivity index (χ4n) is 4.15. The van der Waals surface area contributed by atoms with Crippen molar-refractivity contribution < 1.29 is 32.6 Å². The number of aliphatic hydroxyl groups is 1. The van der Waals surface area contributed by atoms with Crippen LogP contribution in [0.15, 0.2) is 18.2 Å². The van der Waals surface area contributed by atoms with Crippen LogP contribution >= 0.6 is 11.6 Å². The third-order valence-electron chi connectivity index (χ3n) is 6.76. The zero-order valence-corrected chi connectivity index (χ0v) is 16.6. The molecule has 2 bridgehead atoms. The maximum Gasteiger partial charge on any atom is 0.421 e. The van der Waals surface area contributed by atoms with E-state index in [1.807, 2.05) is 0 Å². The molecule has 0 radical (unpaired) electrons. The number of esters is 1. The Labute approximate surface area is 165 Å². The van der Waals surface area contributed by atoms with Crippen LogP contribution in [0.3, 0.4) is 0 Å². The van der Waals surface area contributed by atoms with Gasteiger partial charge in [0, 0.05) is 21.7 Å². The van der Waals surface area contributed by atoms with Gasteiger partial charge in [0.25, 0.3) is 5.91 Å². The van der Waals surface area contributed by atoms with Crippen molar-refractivity contribution in [1.82, 2.24) is 0 Å². The third kappa shape index (κ3) is 2.50. The van der Waals surface area contributed by atoms with E-state index in [1.54, 1.807) is 20.8 Å². The van der Waals surface area contributed by atoms with Crippen LogP contribution in [0.5, 0.6) is 0 Å². The summed E-state index contributed by atoms with van der Waals surface area (Å²) in [6, 6.07) is 3.44. The van der Waals surface area contributed by atoms with Crippen molar-refractivity contribution in [2.45, 2.75) is 57.9 Å². The van der Waals surface area contributed by atoms with Crippen molar-refractivity contribution in [3.05, 3.63) is 28.8 Å². The summed E-state index contributed by atoms with van der Waals surface area (Å²) in [6.45, 7) is 5.77. The summed E-state index contributed by atoms with van der Waals surface area (Å²) in [7, 11) is 0. The lowest BCUT2D eigenvalue weighted by Crippen LogP contribution is -2.51. The molecule has 1 heterocycles. The van der Waals surface area contributed by atoms with E-state index in [0.29, 0.717) is 13.3 Å². The van der Waals surface area contributed by atoms with Gasteiger partial charge in [-0.1, -0.05) is 25.4 Å². The highest BCUT2D eigenvalue weighted by molar-refractivity contribution is 6.30. The van der Waals surface area contributed by atoms with Gasteiger partial charge in [0.1, 0.15) is 0 Å². The number of anilines is 1. The van der Waals surface area contributed by atoms with Crippen molar-refractivity contribution >= 4 is 29.2 Å². The summed E-state index contributed by atoms with van der Waals surface area (Å²) in [5.74, 6) is -1.23. The summed E-state index contributed by atoms with van der Waals surface area (Å²) in [4.78, 5) is 25.5. The summed E-state index contributed by atoms with van der Waals surface area (Å²) in [5.41, 5.74) is -7.31. The van der Waals surface area contributed by atoms with Crippen molar-refractivity contribution in [2.24, 2.45) is 10.8 Å². The van der Waals surface area contributed by atoms with E-state index in [9.17, 15) is 27.9 Å². The number of hydrogen-bond donors (Lipinski definition) is 2. The maximum atomic E-state index is 13.4. The number of carbonyl (C=O) groups excluding carboxylic acids is 2. The SMILES string of the molecule is CC12CCC(C(=O)Nc3ccc(Cl)cc3[C@](C)(O)C(F)(F)F)(OC1=O)C2(C)C. The first-order valence-corrected chi connectivity index (χ1v) is 9.12. The first-order chi connectivity index (χ1) is 12.6. The molecule has 154 valence electrons. The molecule has 28 heavy (non-hydrogen) atoms. The minimum absolute atomic E-state index is 0.0308. The van der Waals surface area contributed by atoms with Gasteiger partial charge in [0.15, 0.2) is 11.2 Å². The largest absolute Gasteiger partial charge is 0.448 e. The molecule has 1 saturated carbocycles. The van der Waals surface area contributed by atoms with Crippen molar-refractivity contribution in [2.75, 3.05) is 5.32 Å². The van der Waals surface area contributed by atoms with Gasteiger partial charge in [-0.2, -0.15) is 13.2 Å². The highest BCUT2D eigenvalue weighted by Gasteiger charge is 2.75. The second kappa shape index (κ2) is 5.86. The first kappa shape index (κ1) is 20.9. The van der Waals surface area contributed by atoms with Gasteiger partial charge in [-0.25, -0.2) is 0 Å². The Morgan fingerprint density at radius 1 is 1.25 bits per heavy atom. The van der Waals surface area contributed by atoms with Crippen LogP contribution in [0.1, 0.15) is 46.1 Å². The van der Waals surface area contributed by atoms with Gasteiger partial charge in [-0.3, -0.25) is 9.59 Å². The normalized spacial score (nSPS) is 30.7. The van der Waals surface area contributed by atoms with Gasteiger partial charge >= 0.3 is 12.1 Å². The molecule has 2 aliphatic rings. The number of fused-ring (bicyclic) bond motifs is 2. The lowest BCUT2D eigenvalue weighted by Gasteiger charge is -2.36. The molecule has 2 fully saturated rings. The molecular weight excluding hydrogens is 399 g/mol. The molecule has 1 saturated heterocycles. The molecule has 1 aromatic carbocycles. The minimum atomic E-state index is -5.00. The fraction of sp³-hybridized carbons (Fsp3) is 0.579. The van der Waals surface area contributed by atoms with E-state index in [0.717, 1.165) is 6.07 Å². The van der Waals surface area contributed by atoms with E-state index in [4.69, 9.17) is 16.3 Å². The summed E-state index contributed by atoms with van der Waals surface area (Å²) in [6.07, 6.45) is -4.31. The minimum Gasteiger partial charge on any atom is -0.448 e. The molecule has 1 aromatic rings. The Kier molecular flexibility index (Phi) is 4.38. The van der Waals surface area contributed by atoms with E-state index < -0.39 is 45.6 Å². The Hall–Kier alpha value is -1.80. The van der Waals surface area contributed by atoms with E-state index in [-0.39, 0.29) is 17.1 Å². The van der Waals surface area contributed by atoms with Crippen LogP contribution in [0.4, 0.5) is 18.9 Å². The molecule has 1 aliphatic heterocycles. The molecular formula is C19H21ClF3NO4. The number of hydrogen-bond acceptors (Lipinski definition) is 4. The molecule has 3 atom stereocenters. The number of rotatable bonds is 3. The highest BCUT2D eigenvalue weighted by atomic mass is 35.5. The monoisotopic (exact) mass is 419 g/mol. The van der Waals surface area contributed by atoms with Gasteiger partial charge < -0.3 is 15.2 Å². The highest BCUT2D eigenvalue weighted by Crippen LogP contribution is 2.65. The molecule has 0 spiro atoms. The van der Waals surface area contributed by atoms with Crippen LogP contribution < -0.4 is 5.32 Å². The number of amides is 1. The van der Waals surface area contributed by atoms with E-state index in [1.165, 1.54) is 12.1 Å². The molecule has 9 heteroatoms. The first-order valence-electron chi connectivity index (χ1n) is 8.74. The van der Waals surface area contributed by atoms with Crippen molar-refractivity contribution in [3.63, 3.8) is 0 Å². The van der Waals surface area contributed by atoms with Gasteiger partial charge in [0.05, 0.1) is 5.41 Å². The van der Waals surface area contributed by atoms with Gasteiger partial charge in [-0.05, 0) is 44.9 Å². The smallest absolute Gasteiger partial charge is 0.421 e. The quantitative estimate of drug-likeness (QED) is 0.721. The van der Waals surface area contributed by atoms with Gasteiger partial charge in [-0.15, -0.1) is 0 Å². The molecule has 0 aromatic heterocycles. The van der Waals surface area contributed by atoms with Crippen LogP contribution in [0.2, 0.25) is 5.02 Å². The topological polar surface area (TPSA) is 75.6 Å². The predicted octanol–water partition coefficient (Wildman–Crippen LogP) is 4.17. The van der Waals surface area contributed by atoms with Crippen LogP contribution in [0, 0.1) is 10.8 Å². The molecule has 5 nitrogen and oxygen atoms in total. The van der Waals surface area contributed by atoms with Crippen molar-refractivity contribution in [1.29, 1.82) is 0 Å². The van der Waals surface area contributed by atoms with Crippen LogP contribution in [-0.2, 0) is 19.9 Å². The molecule has 1 aliphatic carbocycles. The second-order valence-corrected chi connectivity index (χ2v) is 8.82. The Balaban J connectivity index is 2.02. The maximum absolute atomic E-state index is 13.4. The van der Waals surface area contributed by atoms with Crippen LogP contribution in [0.25, 0.3) is 0 Å². The number of halogens is 4. The molecule has 2 N–H and O–H groups in total. The Bertz CT molecular complexity index is 867. The number of benzene rings is 1. The molecule has 3 rings (SSSR count). The Morgan fingerprint density at radius 3 is 2.32 bits per heavy atom. The number of carbonyl (C=O) groups is 2. The summed E-state index contributed by atoms with van der Waals surface area (Å²) < 4.78 is 45.6. The average molecular weight is 420 g/mol. The van der Waals surface area contributed by atoms with Gasteiger partial charge in [0.2, 0.25) is 0 Å². The van der Waals surface area contributed by atoms with E-state index in [2.05, 4.69) is 5.32 Å². The summed E-state index contributed by atoms with van der Waals surface area (Å²) >= 11 is 5.82. The number of nitrogens with one attached hydrogen (secondary N) is 1. The third-order valence-corrected chi connectivity index (χ3v) is 6.99. The second-order valence-electron chi connectivity index (χ2n) is 8.39. The molecule has 1 amide bonds. The zero-order chi connectivity index (χ0) is 21.3. The fourth-order valence-corrected chi connectivity index (χ4v) is 4.32. The Morgan fingerprint density at radius 2 is 1.86 bits per heavy atom. The number of ether oxygens (including phenoxy) is 1. The zero-order valence-electron chi connectivity index (χ0n) is 15.8.